The van der Waals surface area contributed by atoms with E-state index in [1.807, 2.05) is 46.6 Å². The van der Waals surface area contributed by atoms with Gasteiger partial charge in [0.1, 0.15) is 12.3 Å². The van der Waals surface area contributed by atoms with Crippen LogP contribution in [0.2, 0.25) is 0 Å². The molecule has 1 fully saturated rings. The van der Waals surface area contributed by atoms with Gasteiger partial charge in [0.25, 0.3) is 0 Å². The highest BCUT2D eigenvalue weighted by Gasteiger charge is 2.17. The lowest BCUT2D eigenvalue weighted by Crippen LogP contribution is -2.16. The first kappa shape index (κ1) is 18.7. The van der Waals surface area contributed by atoms with E-state index in [0.29, 0.717) is 13.2 Å². The molecule has 0 spiro atoms. The van der Waals surface area contributed by atoms with Gasteiger partial charge in [-0.25, -0.2) is 4.79 Å². The Hall–Kier alpha value is -2.70. The number of hydrogen-bond acceptors (Lipinski definition) is 5. The number of hydrogen-bond donors (Lipinski definition) is 0. The van der Waals surface area contributed by atoms with Crippen molar-refractivity contribution in [2.75, 3.05) is 13.2 Å². The van der Waals surface area contributed by atoms with Crippen molar-refractivity contribution in [2.45, 2.75) is 25.5 Å². The van der Waals surface area contributed by atoms with Crippen LogP contribution in [0.4, 0.5) is 0 Å². The molecular weight excluding hydrogens is 372 g/mol. The van der Waals surface area contributed by atoms with Gasteiger partial charge in [-0.3, -0.25) is 4.68 Å². The second-order valence-electron chi connectivity index (χ2n) is 6.69. The fourth-order valence-corrected chi connectivity index (χ4v) is 3.90. The van der Waals surface area contributed by atoms with E-state index in [4.69, 9.17) is 14.6 Å². The molecule has 5 nitrogen and oxygen atoms in total. The number of esters is 1. The van der Waals surface area contributed by atoms with Gasteiger partial charge in [0, 0.05) is 24.4 Å². The molecule has 1 aromatic carbocycles. The van der Waals surface area contributed by atoms with E-state index in [0.717, 1.165) is 35.6 Å². The molecule has 1 saturated heterocycles. The predicted molar refractivity (Wildman–Crippen MR) is 110 cm³/mol. The van der Waals surface area contributed by atoms with Crippen molar-refractivity contribution in [1.29, 1.82) is 0 Å². The van der Waals surface area contributed by atoms with Gasteiger partial charge in [-0.15, -0.1) is 11.3 Å². The Morgan fingerprint density at radius 3 is 2.93 bits per heavy atom. The number of rotatable bonds is 7. The normalized spacial score (nSPS) is 16.6. The van der Waals surface area contributed by atoms with Crippen molar-refractivity contribution < 1.29 is 14.3 Å². The van der Waals surface area contributed by atoms with Crippen LogP contribution in [0.15, 0.2) is 60.1 Å². The third-order valence-electron chi connectivity index (χ3n) is 4.57. The number of ether oxygens (including phenoxy) is 2. The SMILES string of the molecule is O=C(/C=C/c1cn(Cc2ccccc2)nc1-c1cccs1)OCC1CCCO1. The van der Waals surface area contributed by atoms with Crippen LogP contribution < -0.4 is 0 Å². The number of aromatic nitrogens is 2. The lowest BCUT2D eigenvalue weighted by molar-refractivity contribution is -0.140. The quantitative estimate of drug-likeness (QED) is 0.440. The second-order valence-corrected chi connectivity index (χ2v) is 7.64. The Bertz CT molecular complexity index is 926. The Morgan fingerprint density at radius 2 is 2.18 bits per heavy atom. The lowest BCUT2D eigenvalue weighted by atomic mass is 10.2. The van der Waals surface area contributed by atoms with Crippen LogP contribution in [0, 0.1) is 0 Å². The molecule has 0 aliphatic carbocycles. The summed E-state index contributed by atoms with van der Waals surface area (Å²) in [5.74, 6) is -0.358. The summed E-state index contributed by atoms with van der Waals surface area (Å²) in [6, 6.07) is 14.2. The minimum atomic E-state index is -0.358. The number of nitrogens with zero attached hydrogens (tertiary/aromatic N) is 2. The fourth-order valence-electron chi connectivity index (χ4n) is 3.17. The van der Waals surface area contributed by atoms with Crippen LogP contribution in [0.3, 0.4) is 0 Å². The van der Waals surface area contributed by atoms with Gasteiger partial charge in [-0.05, 0) is 35.9 Å². The minimum absolute atomic E-state index is 0.0349. The van der Waals surface area contributed by atoms with E-state index in [2.05, 4.69) is 12.1 Å². The zero-order valence-corrected chi connectivity index (χ0v) is 16.3. The van der Waals surface area contributed by atoms with Crippen molar-refractivity contribution in [3.05, 3.63) is 71.2 Å². The largest absolute Gasteiger partial charge is 0.460 e. The maximum absolute atomic E-state index is 12.1. The van der Waals surface area contributed by atoms with Crippen LogP contribution in [0.25, 0.3) is 16.6 Å². The highest BCUT2D eigenvalue weighted by atomic mass is 32.1. The second kappa shape index (κ2) is 8.99. The van der Waals surface area contributed by atoms with Crippen molar-refractivity contribution in [1.82, 2.24) is 9.78 Å². The molecule has 0 bridgehead atoms. The monoisotopic (exact) mass is 394 g/mol. The molecule has 1 aliphatic heterocycles. The number of carbonyl (C=O) groups excluding carboxylic acids is 1. The Kier molecular flexibility index (Phi) is 5.99. The van der Waals surface area contributed by atoms with Crippen molar-refractivity contribution in [3.8, 4) is 10.6 Å². The van der Waals surface area contributed by atoms with Gasteiger partial charge in [-0.2, -0.15) is 5.10 Å². The van der Waals surface area contributed by atoms with Gasteiger partial charge in [0.2, 0.25) is 0 Å². The summed E-state index contributed by atoms with van der Waals surface area (Å²) in [6.07, 6.45) is 7.23. The van der Waals surface area contributed by atoms with E-state index in [9.17, 15) is 4.79 Å². The average molecular weight is 394 g/mol. The van der Waals surface area contributed by atoms with Gasteiger partial charge in [-0.1, -0.05) is 36.4 Å². The van der Waals surface area contributed by atoms with Gasteiger partial charge < -0.3 is 9.47 Å². The molecule has 2 aromatic heterocycles. The van der Waals surface area contributed by atoms with Gasteiger partial charge >= 0.3 is 5.97 Å². The highest BCUT2D eigenvalue weighted by Crippen LogP contribution is 2.28. The molecule has 28 heavy (non-hydrogen) atoms. The maximum atomic E-state index is 12.1. The summed E-state index contributed by atoms with van der Waals surface area (Å²) in [7, 11) is 0. The molecule has 3 aromatic rings. The van der Waals surface area contributed by atoms with Gasteiger partial charge in [0.15, 0.2) is 0 Å². The topological polar surface area (TPSA) is 53.4 Å². The van der Waals surface area contributed by atoms with E-state index < -0.39 is 0 Å². The summed E-state index contributed by atoms with van der Waals surface area (Å²) >= 11 is 1.63. The van der Waals surface area contributed by atoms with E-state index in [1.54, 1.807) is 17.4 Å². The minimum Gasteiger partial charge on any atom is -0.460 e. The van der Waals surface area contributed by atoms with E-state index >= 15 is 0 Å². The predicted octanol–water partition coefficient (Wildman–Crippen LogP) is 4.40. The van der Waals surface area contributed by atoms with Crippen molar-refractivity contribution >= 4 is 23.4 Å². The zero-order chi connectivity index (χ0) is 19.2. The van der Waals surface area contributed by atoms with Crippen LogP contribution >= 0.6 is 11.3 Å². The van der Waals surface area contributed by atoms with Crippen molar-refractivity contribution in [2.24, 2.45) is 0 Å². The highest BCUT2D eigenvalue weighted by molar-refractivity contribution is 7.13. The van der Waals surface area contributed by atoms with Crippen molar-refractivity contribution in [3.63, 3.8) is 0 Å². The molecule has 6 heteroatoms. The lowest BCUT2D eigenvalue weighted by Gasteiger charge is -2.08. The molecule has 1 unspecified atom stereocenters. The van der Waals surface area contributed by atoms with Crippen LogP contribution in [0.5, 0.6) is 0 Å². The molecule has 0 saturated carbocycles. The van der Waals surface area contributed by atoms with Crippen LogP contribution in [-0.4, -0.2) is 35.1 Å². The van der Waals surface area contributed by atoms with E-state index in [-0.39, 0.29) is 12.1 Å². The summed E-state index contributed by atoms with van der Waals surface area (Å²) < 4.78 is 12.7. The van der Waals surface area contributed by atoms with Crippen LogP contribution in [-0.2, 0) is 20.8 Å². The summed E-state index contributed by atoms with van der Waals surface area (Å²) in [5, 5.41) is 6.76. The third kappa shape index (κ3) is 4.77. The molecule has 3 heterocycles. The summed E-state index contributed by atoms with van der Waals surface area (Å²) in [5.41, 5.74) is 2.94. The molecule has 0 amide bonds. The Morgan fingerprint density at radius 1 is 1.29 bits per heavy atom. The molecule has 144 valence electrons. The fraction of sp³-hybridized carbons (Fsp3) is 0.273. The molecule has 4 rings (SSSR count). The molecule has 1 atom stereocenters. The molecule has 0 radical (unpaired) electrons. The number of thiophene rings is 1. The number of carbonyl (C=O) groups is 1. The first-order valence-corrected chi connectivity index (χ1v) is 10.3. The zero-order valence-electron chi connectivity index (χ0n) is 15.5. The molecular formula is C22H22N2O3S. The maximum Gasteiger partial charge on any atom is 0.330 e. The standard InChI is InChI=1S/C22H22N2O3S/c25-21(27-16-19-8-4-12-26-19)11-10-18-15-24(14-17-6-2-1-3-7-17)23-22(18)20-9-5-13-28-20/h1-3,5-7,9-11,13,15,19H,4,8,12,14,16H2/b11-10+. The van der Waals surface area contributed by atoms with Crippen LogP contribution in [0.1, 0.15) is 24.0 Å². The van der Waals surface area contributed by atoms with Gasteiger partial charge in [0.05, 0.1) is 17.5 Å². The molecule has 1 aliphatic rings. The summed E-state index contributed by atoms with van der Waals surface area (Å²) in [4.78, 5) is 13.1. The van der Waals surface area contributed by atoms with E-state index in [1.165, 1.54) is 11.6 Å². The Labute approximate surface area is 168 Å². The smallest absolute Gasteiger partial charge is 0.330 e. The first-order chi connectivity index (χ1) is 13.8. The molecule has 0 N–H and O–H groups in total. The Balaban J connectivity index is 1.48. The average Bonchev–Trinajstić information content (AvgIpc) is 3.47. The number of benzene rings is 1. The first-order valence-electron chi connectivity index (χ1n) is 9.39. The summed E-state index contributed by atoms with van der Waals surface area (Å²) in [6.45, 7) is 1.74. The third-order valence-corrected chi connectivity index (χ3v) is 5.44.